The van der Waals surface area contributed by atoms with Gasteiger partial charge in [0, 0.05) is 13.3 Å². The first-order valence-electron chi connectivity index (χ1n) is 8.72. The average Bonchev–Trinajstić information content (AvgIpc) is 3.13. The molecule has 0 aromatic heterocycles. The van der Waals surface area contributed by atoms with Gasteiger partial charge in [0.15, 0.2) is 11.5 Å². The number of hydrogen-bond acceptors (Lipinski definition) is 5. The van der Waals surface area contributed by atoms with Crippen LogP contribution in [0.4, 0.5) is 0 Å². The van der Waals surface area contributed by atoms with Crippen LogP contribution in [0.15, 0.2) is 41.5 Å². The lowest BCUT2D eigenvalue weighted by Gasteiger charge is -2.22. The molecule has 0 radical (unpaired) electrons. The zero-order valence-corrected chi connectivity index (χ0v) is 16.3. The van der Waals surface area contributed by atoms with Gasteiger partial charge in [-0.25, -0.2) is 5.01 Å². The highest BCUT2D eigenvalue weighted by Gasteiger charge is 2.32. The van der Waals surface area contributed by atoms with Gasteiger partial charge in [-0.05, 0) is 30.2 Å². The first kappa shape index (κ1) is 18.8. The summed E-state index contributed by atoms with van der Waals surface area (Å²) in [4.78, 5) is 12.2. The zero-order valence-electron chi connectivity index (χ0n) is 16.3. The van der Waals surface area contributed by atoms with Crippen molar-refractivity contribution >= 4 is 11.6 Å². The standard InChI is InChI=1S/C21H24N2O4/c1-13-6-8-15(9-7-13)17-12-18(23(22-17)14(2)24)16-10-19(25-3)21(27-5)20(11-16)26-4/h6-11,18H,12H2,1-5H3/t18-/m0/s1. The second kappa shape index (κ2) is 7.70. The predicted molar refractivity (Wildman–Crippen MR) is 104 cm³/mol. The van der Waals surface area contributed by atoms with Crippen molar-refractivity contribution in [1.82, 2.24) is 5.01 Å². The molecular formula is C21H24N2O4. The Kier molecular flexibility index (Phi) is 5.35. The fourth-order valence-electron chi connectivity index (χ4n) is 3.27. The predicted octanol–water partition coefficient (Wildman–Crippen LogP) is 3.72. The Morgan fingerprint density at radius 1 is 1.04 bits per heavy atom. The summed E-state index contributed by atoms with van der Waals surface area (Å²) in [6.07, 6.45) is 0.612. The lowest BCUT2D eigenvalue weighted by atomic mass is 9.97. The van der Waals surface area contributed by atoms with E-state index in [2.05, 4.69) is 5.10 Å². The van der Waals surface area contributed by atoms with E-state index in [0.29, 0.717) is 23.7 Å². The van der Waals surface area contributed by atoms with E-state index in [1.165, 1.54) is 17.5 Å². The van der Waals surface area contributed by atoms with Gasteiger partial charge >= 0.3 is 0 Å². The second-order valence-corrected chi connectivity index (χ2v) is 6.45. The van der Waals surface area contributed by atoms with Crippen molar-refractivity contribution in [3.63, 3.8) is 0 Å². The van der Waals surface area contributed by atoms with Crippen LogP contribution in [-0.4, -0.2) is 38.0 Å². The number of ether oxygens (including phenoxy) is 3. The third kappa shape index (κ3) is 3.60. The SMILES string of the molecule is COc1cc([C@@H]2CC(c3ccc(C)cc3)=NN2C(C)=O)cc(OC)c1OC. The van der Waals surface area contributed by atoms with Crippen LogP contribution in [0.1, 0.15) is 36.1 Å². The van der Waals surface area contributed by atoms with E-state index in [1.54, 1.807) is 21.3 Å². The number of benzene rings is 2. The Hall–Kier alpha value is -3.02. The summed E-state index contributed by atoms with van der Waals surface area (Å²) in [5, 5.41) is 6.11. The van der Waals surface area contributed by atoms with Gasteiger partial charge in [0.1, 0.15) is 0 Å². The molecule has 1 aliphatic rings. The molecule has 0 unspecified atom stereocenters. The molecule has 0 aliphatic carbocycles. The molecule has 0 fully saturated rings. The van der Waals surface area contributed by atoms with Crippen molar-refractivity contribution in [3.8, 4) is 17.2 Å². The van der Waals surface area contributed by atoms with E-state index in [9.17, 15) is 4.79 Å². The molecule has 3 rings (SSSR count). The number of rotatable bonds is 5. The summed E-state index contributed by atoms with van der Waals surface area (Å²) >= 11 is 0. The van der Waals surface area contributed by atoms with Gasteiger partial charge < -0.3 is 14.2 Å². The minimum atomic E-state index is -0.229. The highest BCUT2D eigenvalue weighted by molar-refractivity contribution is 6.03. The largest absolute Gasteiger partial charge is 0.493 e. The molecule has 0 spiro atoms. The van der Waals surface area contributed by atoms with Crippen molar-refractivity contribution in [2.75, 3.05) is 21.3 Å². The molecule has 6 nitrogen and oxygen atoms in total. The molecular weight excluding hydrogens is 344 g/mol. The Balaban J connectivity index is 2.01. The normalized spacial score (nSPS) is 16.1. The fraction of sp³-hybridized carbons (Fsp3) is 0.333. The Morgan fingerprint density at radius 3 is 2.11 bits per heavy atom. The molecule has 1 atom stereocenters. The van der Waals surface area contributed by atoms with Crippen LogP contribution < -0.4 is 14.2 Å². The summed E-state index contributed by atoms with van der Waals surface area (Å²) < 4.78 is 16.3. The molecule has 2 aromatic carbocycles. The minimum Gasteiger partial charge on any atom is -0.493 e. The molecule has 6 heteroatoms. The maximum absolute atomic E-state index is 12.2. The molecule has 142 valence electrons. The lowest BCUT2D eigenvalue weighted by Crippen LogP contribution is -2.24. The summed E-state index contributed by atoms with van der Waals surface area (Å²) in [5.41, 5.74) is 3.96. The highest BCUT2D eigenvalue weighted by atomic mass is 16.5. The maximum Gasteiger partial charge on any atom is 0.240 e. The van der Waals surface area contributed by atoms with Crippen LogP contribution in [0.25, 0.3) is 0 Å². The quantitative estimate of drug-likeness (QED) is 0.807. The van der Waals surface area contributed by atoms with Crippen LogP contribution in [0.3, 0.4) is 0 Å². The van der Waals surface area contributed by atoms with E-state index in [-0.39, 0.29) is 11.9 Å². The average molecular weight is 368 g/mol. The van der Waals surface area contributed by atoms with E-state index >= 15 is 0 Å². The van der Waals surface area contributed by atoms with Crippen molar-refractivity contribution in [1.29, 1.82) is 0 Å². The molecule has 1 heterocycles. The number of carbonyl (C=O) groups is 1. The molecule has 1 aliphatic heterocycles. The van der Waals surface area contributed by atoms with Gasteiger partial charge in [0.25, 0.3) is 0 Å². The van der Waals surface area contributed by atoms with Crippen molar-refractivity contribution in [2.24, 2.45) is 5.10 Å². The summed E-state index contributed by atoms with van der Waals surface area (Å²) in [5.74, 6) is 1.52. The number of methoxy groups -OCH3 is 3. The third-order valence-electron chi connectivity index (χ3n) is 4.69. The van der Waals surface area contributed by atoms with Crippen molar-refractivity contribution in [2.45, 2.75) is 26.3 Å². The molecule has 0 N–H and O–H groups in total. The van der Waals surface area contributed by atoms with Crippen LogP contribution in [0.2, 0.25) is 0 Å². The van der Waals surface area contributed by atoms with Crippen molar-refractivity contribution in [3.05, 3.63) is 53.1 Å². The first-order chi connectivity index (χ1) is 13.0. The maximum atomic E-state index is 12.2. The van der Waals surface area contributed by atoms with Gasteiger partial charge in [-0.2, -0.15) is 5.10 Å². The fourth-order valence-corrected chi connectivity index (χ4v) is 3.27. The number of carbonyl (C=O) groups excluding carboxylic acids is 1. The van der Waals surface area contributed by atoms with Gasteiger partial charge in [-0.3, -0.25) is 4.79 Å². The Labute approximate surface area is 159 Å². The number of hydrogen-bond donors (Lipinski definition) is 0. The molecule has 0 saturated heterocycles. The molecule has 2 aromatic rings. The van der Waals surface area contributed by atoms with Gasteiger partial charge in [0.05, 0.1) is 33.1 Å². The molecule has 1 amide bonds. The lowest BCUT2D eigenvalue weighted by molar-refractivity contribution is -0.130. The minimum absolute atomic E-state index is 0.115. The third-order valence-corrected chi connectivity index (χ3v) is 4.69. The van der Waals surface area contributed by atoms with Crippen LogP contribution >= 0.6 is 0 Å². The van der Waals surface area contributed by atoms with E-state index < -0.39 is 0 Å². The van der Waals surface area contributed by atoms with E-state index in [1.807, 2.05) is 43.3 Å². The van der Waals surface area contributed by atoms with E-state index in [0.717, 1.165) is 16.8 Å². The number of aryl methyl sites for hydroxylation is 1. The van der Waals surface area contributed by atoms with Crippen LogP contribution in [-0.2, 0) is 4.79 Å². The second-order valence-electron chi connectivity index (χ2n) is 6.45. The molecule has 27 heavy (non-hydrogen) atoms. The molecule has 0 bridgehead atoms. The molecule has 0 saturated carbocycles. The van der Waals surface area contributed by atoms with E-state index in [4.69, 9.17) is 14.2 Å². The summed E-state index contributed by atoms with van der Waals surface area (Å²) in [6, 6.07) is 11.7. The number of hydrazone groups is 1. The van der Waals surface area contributed by atoms with Crippen molar-refractivity contribution < 1.29 is 19.0 Å². The summed E-state index contributed by atoms with van der Waals surface area (Å²) in [7, 11) is 4.72. The van der Waals surface area contributed by atoms with Gasteiger partial charge in [-0.15, -0.1) is 0 Å². The first-order valence-corrected chi connectivity index (χ1v) is 8.72. The smallest absolute Gasteiger partial charge is 0.240 e. The number of amides is 1. The monoisotopic (exact) mass is 368 g/mol. The topological polar surface area (TPSA) is 60.4 Å². The van der Waals surface area contributed by atoms with Gasteiger partial charge in [0.2, 0.25) is 11.7 Å². The highest BCUT2D eigenvalue weighted by Crippen LogP contribution is 2.43. The summed E-state index contributed by atoms with van der Waals surface area (Å²) in [6.45, 7) is 3.56. The Morgan fingerprint density at radius 2 is 1.63 bits per heavy atom. The van der Waals surface area contributed by atoms with Gasteiger partial charge in [-0.1, -0.05) is 29.8 Å². The zero-order chi connectivity index (χ0) is 19.6. The van der Waals surface area contributed by atoms with Crippen LogP contribution in [0, 0.1) is 6.92 Å². The van der Waals surface area contributed by atoms with Crippen LogP contribution in [0.5, 0.6) is 17.2 Å². The number of nitrogens with zero attached hydrogens (tertiary/aromatic N) is 2. The Bertz CT molecular complexity index is 849.